The maximum Gasteiger partial charge on any atom is 0.410 e. The third-order valence-electron chi connectivity index (χ3n) is 31.8. The van der Waals surface area contributed by atoms with Gasteiger partial charge in [0.05, 0.1) is 49.8 Å². The van der Waals surface area contributed by atoms with Gasteiger partial charge in [-0.15, -0.1) is 0 Å². The smallest absolute Gasteiger partial charge is 0.410 e. The van der Waals surface area contributed by atoms with Crippen molar-refractivity contribution in [2.75, 3.05) is 27.3 Å². The number of ether oxygens (including phenoxy) is 5. The number of hydrogen-bond donors (Lipinski definition) is 6. The van der Waals surface area contributed by atoms with Gasteiger partial charge >= 0.3 is 36.2 Å². The molecule has 143 heavy (non-hydrogen) atoms. The Bertz CT molecular complexity index is 5840. The van der Waals surface area contributed by atoms with Gasteiger partial charge < -0.3 is 70.1 Å². The lowest BCUT2D eigenvalue weighted by Gasteiger charge is -2.32. The molecule has 6 aromatic rings. The highest BCUT2D eigenvalue weighted by Gasteiger charge is 2.47. The summed E-state index contributed by atoms with van der Waals surface area (Å²) in [5.74, 6) is 1.44. The Morgan fingerprint density at radius 3 is 1.22 bits per heavy atom. The number of rotatable bonds is 26. The Kier molecular flexibility index (Phi) is 37.6. The standard InChI is InChI=1S/C47H58N4O3.C45H54N4O4.2C8H15NO4.C6H13NO2.CH4/c1-9-27(5)30(8)46(52)50-24-31(10-2)17-44(50)41-20-34(23-48-41)32-12-14-36-35(18-32)25-54-45-22-37-33(19-39(36)45)13-15-40-38(37)21-42(49-40)43-16-11-28(6)51(43)47(53)29(7)26(3)4;1-9-28-16-41(48(23-28)44(51)53-45(6,7)8)38-19-31(22-46-38)29-11-13-33-32(17-29)24-52-42-21-34-30(18-36(33)42)12-14-37-35(34)20-39(47-37)40-15-10-26(4)49(40)43(50)27(5)25(2)3;2*1-4-5(2)6(7(10)11)9-8(12)13-3;1-3-4(2)5(7)6(8)9;/h12-15,18-19,22-23,26-31,43-44H,9-11,16-17,20-21,24-25H2,1-8H3;11-14,17-18,21-22,25-28,40-41H,9-10,15-16,19-20,23-24H2,1-8H3;2*5-6H,4H2,1-3H3,(H,9,12)(H,10,11);4-5H,3,7H2,1-2H3,(H,8,9);1H4/t27-,28+,29+,30+,31+,43+,44+;26-,27-,28-,40-,41-;2*5-,6+;4-,5+;/m10111./s1. The quantitative estimate of drug-likeness (QED) is 0.0275. The summed E-state index contributed by atoms with van der Waals surface area (Å²) in [5.41, 5.74) is 25.3. The first-order chi connectivity index (χ1) is 67.4. The summed E-state index contributed by atoms with van der Waals surface area (Å²) in [4.78, 5) is 136. The molecule has 0 radical (unpaired) electrons. The fourth-order valence-corrected chi connectivity index (χ4v) is 20.8. The van der Waals surface area contributed by atoms with Crippen LogP contribution in [0.25, 0.3) is 54.9 Å². The van der Waals surface area contributed by atoms with Crippen molar-refractivity contribution in [3.05, 3.63) is 131 Å². The first-order valence-electron chi connectivity index (χ1n) is 51.9. The number of fused-ring (bicyclic) bond motifs is 12. The Balaban J connectivity index is 0.000000204. The molecule has 28 heteroatoms. The zero-order valence-electron chi connectivity index (χ0n) is 88.1. The van der Waals surface area contributed by atoms with Gasteiger partial charge in [0.15, 0.2) is 0 Å². The van der Waals surface area contributed by atoms with E-state index in [1.807, 2.05) is 65.8 Å². The third kappa shape index (κ3) is 25.2. The van der Waals surface area contributed by atoms with E-state index in [1.165, 1.54) is 74.7 Å². The van der Waals surface area contributed by atoms with E-state index < -0.39 is 53.8 Å². The van der Waals surface area contributed by atoms with Crippen molar-refractivity contribution in [2.45, 2.75) is 336 Å². The SMILES string of the molecule is C.CC[C@@H](C)[C@H](N)C(=O)O.CC[C@@H](C)[C@H](NC(=O)OC)C(=O)O.CC[C@@H](C)[C@H](NC(=O)OC)C(=O)O.CC[C@H]1C[C@@H](C2=NC=C(c3ccc4c(c3)COc3cc5c6c(ccc5cc3-4)N=C([C@@H]3CC[C@H](C)N3C(=O)[C@@H](C)C(C)C)C6)C2)N(C(=O)OC(C)(C)C)C1.CC[C@H]1C[C@@H](C2=NC=C(c3ccc4c(c3)COc3cc5c6c(ccc5cc3-4)N=C([C@@H]3CC[C@H](C)N3C(=O)[C@@H](C)C(C)C)C6)C2)N(C(=O)[C@@H](C)[C@H](C)CC)C1. The van der Waals surface area contributed by atoms with E-state index in [2.05, 4.69) is 210 Å². The van der Waals surface area contributed by atoms with Crippen LogP contribution in [0, 0.1) is 65.1 Å². The van der Waals surface area contributed by atoms with E-state index >= 15 is 0 Å². The van der Waals surface area contributed by atoms with Gasteiger partial charge in [-0.3, -0.25) is 44.0 Å². The van der Waals surface area contributed by atoms with E-state index in [1.54, 1.807) is 13.8 Å². The monoisotopic (exact) mass is 1970 g/mol. The molecule has 28 nitrogen and oxygen atoms in total. The van der Waals surface area contributed by atoms with E-state index in [4.69, 9.17) is 55.2 Å². The summed E-state index contributed by atoms with van der Waals surface area (Å²) >= 11 is 0. The van der Waals surface area contributed by atoms with Gasteiger partial charge in [-0.25, -0.2) is 24.0 Å². The summed E-state index contributed by atoms with van der Waals surface area (Å²) < 4.78 is 27.4. The summed E-state index contributed by atoms with van der Waals surface area (Å²) in [7, 11) is 2.40. The summed E-state index contributed by atoms with van der Waals surface area (Å²) in [6, 6.07) is 29.3. The van der Waals surface area contributed by atoms with Gasteiger partial charge in [-0.2, -0.15) is 0 Å². The van der Waals surface area contributed by atoms with E-state index in [-0.39, 0.29) is 103 Å². The fraction of sp³-hybridized carbons (Fsp3) is 0.574. The number of carboxylic acid groups (broad SMARTS) is 3. The minimum absolute atomic E-state index is 0. The molecule has 0 bridgehead atoms. The molecule has 776 valence electrons. The molecule has 0 unspecified atom stereocenters. The van der Waals surface area contributed by atoms with Crippen LogP contribution in [0.4, 0.5) is 25.8 Å². The van der Waals surface area contributed by atoms with Gasteiger partial charge in [0.25, 0.3) is 0 Å². The van der Waals surface area contributed by atoms with E-state index in [0.717, 1.165) is 170 Å². The number of nitrogens with one attached hydrogen (secondary N) is 2. The van der Waals surface area contributed by atoms with Crippen LogP contribution in [-0.4, -0.2) is 199 Å². The minimum Gasteiger partial charge on any atom is -0.488 e. The number of nitrogens with two attached hydrogens (primary N) is 1. The molecule has 4 fully saturated rings. The number of amides is 6. The Labute approximate surface area is 846 Å². The van der Waals surface area contributed by atoms with Crippen LogP contribution < -0.4 is 25.8 Å². The summed E-state index contributed by atoms with van der Waals surface area (Å²) in [5, 5.41) is 35.1. The van der Waals surface area contributed by atoms with Crippen LogP contribution in [0.1, 0.15) is 283 Å². The number of carboxylic acids is 3. The van der Waals surface area contributed by atoms with E-state index in [9.17, 15) is 43.2 Å². The van der Waals surface area contributed by atoms with Crippen LogP contribution in [0.2, 0.25) is 0 Å². The number of methoxy groups -OCH3 is 2. The van der Waals surface area contributed by atoms with Crippen molar-refractivity contribution in [3.63, 3.8) is 0 Å². The summed E-state index contributed by atoms with van der Waals surface area (Å²) in [6.07, 6.45) is 16.6. The zero-order valence-corrected chi connectivity index (χ0v) is 88.1. The van der Waals surface area contributed by atoms with Crippen molar-refractivity contribution in [1.29, 1.82) is 0 Å². The molecule has 0 spiro atoms. The highest BCUT2D eigenvalue weighted by atomic mass is 16.6. The average molecular weight is 1970 g/mol. The minimum atomic E-state index is -1.04. The number of carbonyl (C=O) groups excluding carboxylic acids is 6. The molecular formula is C115H159N11O17. The Morgan fingerprint density at radius 1 is 0.469 bits per heavy atom. The van der Waals surface area contributed by atoms with Crippen LogP contribution >= 0.6 is 0 Å². The molecule has 0 aromatic heterocycles. The van der Waals surface area contributed by atoms with Crippen molar-refractivity contribution >= 4 is 121 Å². The largest absolute Gasteiger partial charge is 0.488 e. The predicted molar refractivity (Wildman–Crippen MR) is 568 cm³/mol. The van der Waals surface area contributed by atoms with Crippen molar-refractivity contribution in [1.82, 2.24) is 30.2 Å². The first-order valence-corrected chi connectivity index (χ1v) is 51.9. The molecule has 10 heterocycles. The molecule has 18 atom stereocenters. The van der Waals surface area contributed by atoms with Crippen molar-refractivity contribution in [2.24, 2.45) is 90.8 Å². The highest BCUT2D eigenvalue weighted by Crippen LogP contribution is 2.50. The van der Waals surface area contributed by atoms with Crippen LogP contribution in [0.5, 0.6) is 11.5 Å². The molecule has 16 rings (SSSR count). The van der Waals surface area contributed by atoms with E-state index in [0.29, 0.717) is 62.2 Å². The summed E-state index contributed by atoms with van der Waals surface area (Å²) in [6.45, 7) is 47.3. The number of benzene rings is 6. The molecule has 6 aromatic carbocycles. The Hall–Kier alpha value is -11.8. The second-order valence-electron chi connectivity index (χ2n) is 42.8. The van der Waals surface area contributed by atoms with Gasteiger partial charge in [-0.05, 0) is 246 Å². The number of nitrogens with zero attached hydrogens (tertiary/aromatic N) is 8. The van der Waals surface area contributed by atoms with Gasteiger partial charge in [0.2, 0.25) is 17.7 Å². The fourth-order valence-electron chi connectivity index (χ4n) is 20.8. The third-order valence-corrected chi connectivity index (χ3v) is 31.8. The molecule has 4 saturated heterocycles. The lowest BCUT2D eigenvalue weighted by atomic mass is 9.89. The van der Waals surface area contributed by atoms with Gasteiger partial charge in [0, 0.05) is 115 Å². The number of allylic oxidation sites excluding steroid dienone is 2. The normalized spacial score (nSPS) is 22.0. The molecule has 10 aliphatic heterocycles. The maximum atomic E-state index is 13.7. The number of hydrogen-bond acceptors (Lipinski definition) is 19. The van der Waals surface area contributed by atoms with Gasteiger partial charge in [-0.1, -0.05) is 200 Å². The molecule has 0 aliphatic carbocycles. The van der Waals surface area contributed by atoms with Crippen molar-refractivity contribution in [3.8, 4) is 33.8 Å². The first kappa shape index (κ1) is 112. The highest BCUT2D eigenvalue weighted by molar-refractivity contribution is 6.10. The second kappa shape index (κ2) is 48.3. The lowest BCUT2D eigenvalue weighted by molar-refractivity contribution is -0.141. The average Bonchev–Trinajstić information content (AvgIpc) is 1.63. The van der Waals surface area contributed by atoms with Crippen LogP contribution in [0.3, 0.4) is 0 Å². The molecule has 10 aliphatic rings. The number of carbonyl (C=O) groups is 9. The Morgan fingerprint density at radius 2 is 0.867 bits per heavy atom. The number of alkyl carbamates (subject to hydrolysis) is 2. The zero-order chi connectivity index (χ0) is 104. The molecular weight excluding hydrogens is 1810 g/mol. The number of aliphatic imine (C=N–C) groups is 4. The van der Waals surface area contributed by atoms with Crippen molar-refractivity contribution < 1.29 is 82.2 Å². The number of likely N-dealkylation sites (tertiary alicyclic amines) is 4. The van der Waals surface area contributed by atoms with Gasteiger partial charge in [0.1, 0.15) is 48.4 Å². The van der Waals surface area contributed by atoms with Crippen LogP contribution in [-0.2, 0) is 69.0 Å². The topological polar surface area (TPSA) is 373 Å². The molecule has 0 saturated carbocycles. The number of aliphatic carboxylic acids is 3. The van der Waals surface area contributed by atoms with Crippen LogP contribution in [0.15, 0.2) is 117 Å². The maximum absolute atomic E-state index is 13.7. The molecule has 6 amide bonds. The molecule has 7 N–H and O–H groups in total. The second-order valence-corrected chi connectivity index (χ2v) is 42.8. The predicted octanol–water partition coefficient (Wildman–Crippen LogP) is 22.9. The lowest BCUT2D eigenvalue weighted by Crippen LogP contribution is -2.47.